The van der Waals surface area contributed by atoms with Crippen molar-refractivity contribution in [1.29, 1.82) is 0 Å². The van der Waals surface area contributed by atoms with E-state index >= 15 is 0 Å². The fraction of sp³-hybridized carbons (Fsp3) is 0.0968. The number of aromatic hydroxyl groups is 1. The molecule has 0 fully saturated rings. The lowest BCUT2D eigenvalue weighted by Gasteiger charge is -2.26. The average Bonchev–Trinajstić information content (AvgIpc) is 2.98. The van der Waals surface area contributed by atoms with Gasteiger partial charge in [0, 0.05) is 28.1 Å². The number of rotatable bonds is 7. The second kappa shape index (κ2) is 10.7. The van der Waals surface area contributed by atoms with E-state index in [2.05, 4.69) is 0 Å². The molecule has 0 radical (unpaired) electrons. The summed E-state index contributed by atoms with van der Waals surface area (Å²) in [5, 5.41) is 10.7. The highest BCUT2D eigenvalue weighted by molar-refractivity contribution is 6.07. The number of nitrogens with zero attached hydrogens (tertiary/aromatic N) is 2. The van der Waals surface area contributed by atoms with Gasteiger partial charge in [-0.25, -0.2) is 0 Å². The van der Waals surface area contributed by atoms with E-state index in [4.69, 9.17) is 9.47 Å². The van der Waals surface area contributed by atoms with Gasteiger partial charge in [-0.05, 0) is 78.9 Å². The first-order valence-electron chi connectivity index (χ1n) is 12.3. The fourth-order valence-electron chi connectivity index (χ4n) is 4.59. The van der Waals surface area contributed by atoms with Crippen molar-refractivity contribution >= 4 is 33.7 Å². The summed E-state index contributed by atoms with van der Waals surface area (Å²) in [5.41, 5.74) is -0.386. The number of hydrogen-bond acceptors (Lipinski definition) is 6. The largest absolute Gasteiger partial charge is 0.506 e. The minimum Gasteiger partial charge on any atom is -0.506 e. The normalized spacial score (nSPS) is 11.3. The Morgan fingerprint density at radius 3 is 1.78 bits per heavy atom. The number of alkyl halides is 3. The number of ketones is 1. The lowest BCUT2D eigenvalue weighted by atomic mass is 10.0. The Morgan fingerprint density at radius 2 is 1.29 bits per heavy atom. The number of para-hydroxylation sites is 1. The van der Waals surface area contributed by atoms with Crippen LogP contribution in [0.5, 0.6) is 17.2 Å². The molecule has 0 unspecified atom stereocenters. The quantitative estimate of drug-likeness (QED) is 0.218. The minimum absolute atomic E-state index is 0.0990. The van der Waals surface area contributed by atoms with E-state index in [1.165, 1.54) is 18.2 Å². The predicted molar refractivity (Wildman–Crippen MR) is 149 cm³/mol. The maximum atomic E-state index is 13.5. The molecule has 0 bridgehead atoms. The number of benzene rings is 4. The summed E-state index contributed by atoms with van der Waals surface area (Å²) in [6.45, 7) is 0. The maximum Gasteiger partial charge on any atom is 0.455 e. The smallest absolute Gasteiger partial charge is 0.455 e. The maximum absolute atomic E-state index is 13.5. The van der Waals surface area contributed by atoms with Crippen molar-refractivity contribution in [3.05, 3.63) is 113 Å². The number of methoxy groups -OCH3 is 2. The van der Waals surface area contributed by atoms with Gasteiger partial charge in [-0.3, -0.25) is 14.2 Å². The number of ether oxygens (including phenoxy) is 2. The van der Waals surface area contributed by atoms with Crippen LogP contribution in [-0.4, -0.2) is 35.9 Å². The first-order valence-corrected chi connectivity index (χ1v) is 12.3. The highest BCUT2D eigenvalue weighted by Crippen LogP contribution is 2.40. The van der Waals surface area contributed by atoms with Gasteiger partial charge in [0.1, 0.15) is 22.8 Å². The number of pyridine rings is 1. The van der Waals surface area contributed by atoms with E-state index in [-0.39, 0.29) is 16.6 Å². The van der Waals surface area contributed by atoms with E-state index in [9.17, 15) is 27.9 Å². The second-order valence-corrected chi connectivity index (χ2v) is 8.96. The van der Waals surface area contributed by atoms with Crippen molar-refractivity contribution in [1.82, 2.24) is 4.57 Å². The van der Waals surface area contributed by atoms with Crippen LogP contribution < -0.4 is 19.9 Å². The van der Waals surface area contributed by atoms with Crippen molar-refractivity contribution in [3.63, 3.8) is 0 Å². The number of fused-ring (bicyclic) bond motifs is 1. The Labute approximate surface area is 232 Å². The molecule has 0 aliphatic heterocycles. The van der Waals surface area contributed by atoms with Crippen LogP contribution in [0.25, 0.3) is 16.6 Å². The number of aromatic nitrogens is 1. The van der Waals surface area contributed by atoms with Crippen molar-refractivity contribution in [2.24, 2.45) is 0 Å². The van der Waals surface area contributed by atoms with Gasteiger partial charge in [0.2, 0.25) is 0 Å². The van der Waals surface area contributed by atoms with Gasteiger partial charge < -0.3 is 19.5 Å². The fourth-order valence-corrected chi connectivity index (χ4v) is 4.59. The molecular formula is C31H23F3N2O5. The third kappa shape index (κ3) is 5.07. The molecule has 0 aliphatic rings. The molecule has 0 saturated heterocycles. The molecule has 0 spiro atoms. The van der Waals surface area contributed by atoms with E-state index in [1.54, 1.807) is 68.8 Å². The van der Waals surface area contributed by atoms with Crippen LogP contribution >= 0.6 is 0 Å². The SMILES string of the molecule is COc1ccc(N(c2ccc(OC)cc2)c2ccc3c(O)c(C(=O)C(F)(F)F)c(=O)n(-c4ccccc4)c3c2)cc1. The summed E-state index contributed by atoms with van der Waals surface area (Å²) in [7, 11) is 3.10. The lowest BCUT2D eigenvalue weighted by molar-refractivity contribution is -0.0887. The van der Waals surface area contributed by atoms with Crippen LogP contribution in [0.2, 0.25) is 0 Å². The summed E-state index contributed by atoms with van der Waals surface area (Å²) >= 11 is 0. The van der Waals surface area contributed by atoms with Gasteiger partial charge in [0.05, 0.1) is 19.7 Å². The number of carbonyl (C=O) groups excluding carboxylic acids is 1. The van der Waals surface area contributed by atoms with Crippen molar-refractivity contribution < 1.29 is 32.5 Å². The summed E-state index contributed by atoms with van der Waals surface area (Å²) in [6, 6.07) is 26.8. The highest BCUT2D eigenvalue weighted by atomic mass is 19.4. The predicted octanol–water partition coefficient (Wildman–Crippen LogP) is 6.93. The molecule has 4 aromatic carbocycles. The summed E-state index contributed by atoms with van der Waals surface area (Å²) in [4.78, 5) is 27.6. The summed E-state index contributed by atoms with van der Waals surface area (Å²) in [5.74, 6) is -2.20. The number of halogens is 3. The van der Waals surface area contributed by atoms with Crippen LogP contribution in [0.4, 0.5) is 30.2 Å². The zero-order valence-corrected chi connectivity index (χ0v) is 21.8. The van der Waals surface area contributed by atoms with Crippen LogP contribution in [-0.2, 0) is 0 Å². The zero-order valence-electron chi connectivity index (χ0n) is 21.8. The Bertz CT molecular complexity index is 1740. The Kier molecular flexibility index (Phi) is 7.15. The van der Waals surface area contributed by atoms with Crippen LogP contribution in [0.3, 0.4) is 0 Å². The molecule has 0 atom stereocenters. The van der Waals surface area contributed by atoms with E-state index in [0.29, 0.717) is 28.6 Å². The number of carbonyl (C=O) groups is 1. The molecule has 5 aromatic rings. The molecule has 5 rings (SSSR count). The van der Waals surface area contributed by atoms with Gasteiger partial charge in [-0.2, -0.15) is 13.2 Å². The zero-order chi connectivity index (χ0) is 29.3. The third-order valence-electron chi connectivity index (χ3n) is 6.55. The molecule has 7 nitrogen and oxygen atoms in total. The standard InChI is InChI=1S/C31H23F3N2O5/c1-40-23-13-8-20(9-14-23)35(21-10-15-24(41-2)16-11-21)22-12-17-25-26(18-22)36(19-6-4-3-5-7-19)30(39)27(28(25)37)29(38)31(32,33)34/h3-18,37H,1-2H3. The molecule has 1 aromatic heterocycles. The van der Waals surface area contributed by atoms with E-state index in [0.717, 1.165) is 4.57 Å². The van der Waals surface area contributed by atoms with Gasteiger partial charge in [-0.15, -0.1) is 0 Å². The summed E-state index contributed by atoms with van der Waals surface area (Å²) in [6.07, 6.45) is -5.36. The molecule has 0 amide bonds. The number of anilines is 3. The molecular weight excluding hydrogens is 537 g/mol. The van der Waals surface area contributed by atoms with Crippen LogP contribution in [0.15, 0.2) is 102 Å². The molecule has 1 heterocycles. The Balaban J connectivity index is 1.81. The topological polar surface area (TPSA) is 81.0 Å². The van der Waals surface area contributed by atoms with Gasteiger partial charge >= 0.3 is 6.18 Å². The first kappa shape index (κ1) is 27.3. The minimum atomic E-state index is -5.36. The number of hydrogen-bond donors (Lipinski definition) is 1. The Hall–Kier alpha value is -5.25. The van der Waals surface area contributed by atoms with Crippen molar-refractivity contribution in [2.75, 3.05) is 19.1 Å². The van der Waals surface area contributed by atoms with Gasteiger partial charge in [-0.1, -0.05) is 18.2 Å². The summed E-state index contributed by atoms with van der Waals surface area (Å²) < 4.78 is 51.9. The van der Waals surface area contributed by atoms with E-state index in [1.807, 2.05) is 29.2 Å². The molecule has 10 heteroatoms. The molecule has 208 valence electrons. The van der Waals surface area contributed by atoms with Crippen LogP contribution in [0.1, 0.15) is 10.4 Å². The first-order chi connectivity index (χ1) is 19.6. The van der Waals surface area contributed by atoms with Gasteiger partial charge in [0.15, 0.2) is 0 Å². The van der Waals surface area contributed by atoms with Crippen LogP contribution in [0, 0.1) is 0 Å². The second-order valence-electron chi connectivity index (χ2n) is 8.96. The number of Topliss-reactive ketones (excluding diaryl/α,β-unsaturated/α-hetero) is 1. The lowest BCUT2D eigenvalue weighted by Crippen LogP contribution is -2.33. The molecule has 0 saturated carbocycles. The van der Waals surface area contributed by atoms with E-state index < -0.39 is 28.8 Å². The average molecular weight is 561 g/mol. The third-order valence-corrected chi connectivity index (χ3v) is 6.55. The highest BCUT2D eigenvalue weighted by Gasteiger charge is 2.43. The van der Waals surface area contributed by atoms with Crippen molar-refractivity contribution in [2.45, 2.75) is 6.18 Å². The Morgan fingerprint density at radius 1 is 0.780 bits per heavy atom. The molecule has 0 aliphatic carbocycles. The van der Waals surface area contributed by atoms with Crippen molar-refractivity contribution in [3.8, 4) is 22.9 Å². The molecule has 41 heavy (non-hydrogen) atoms. The van der Waals surface area contributed by atoms with Gasteiger partial charge in [0.25, 0.3) is 11.3 Å². The molecule has 1 N–H and O–H groups in total. The monoisotopic (exact) mass is 560 g/mol.